The van der Waals surface area contributed by atoms with Crippen LogP contribution in [0.4, 0.5) is 13.2 Å². The van der Waals surface area contributed by atoms with E-state index in [2.05, 4.69) is 5.48 Å². The molecule has 2 unspecified atom stereocenters. The van der Waals surface area contributed by atoms with Gasteiger partial charge in [0.25, 0.3) is 0 Å². The summed E-state index contributed by atoms with van der Waals surface area (Å²) >= 11 is 0. The second kappa shape index (κ2) is 8.26. The lowest BCUT2D eigenvalue weighted by Crippen LogP contribution is -2.37. The van der Waals surface area contributed by atoms with E-state index in [1.807, 2.05) is 0 Å². The fraction of sp³-hybridized carbons (Fsp3) is 0.556. The zero-order chi connectivity index (χ0) is 19.4. The van der Waals surface area contributed by atoms with Crippen molar-refractivity contribution >= 4 is 11.8 Å². The average Bonchev–Trinajstić information content (AvgIpc) is 3.01. The van der Waals surface area contributed by atoms with Crippen molar-refractivity contribution < 1.29 is 32.3 Å². The second-order valence-corrected chi connectivity index (χ2v) is 6.75. The highest BCUT2D eigenvalue weighted by molar-refractivity contribution is 5.88. The summed E-state index contributed by atoms with van der Waals surface area (Å²) in [4.78, 5) is 30.9. The van der Waals surface area contributed by atoms with E-state index in [1.165, 1.54) is 17.0 Å². The molecule has 9 heteroatoms. The number of halogens is 3. The number of benzene rings is 1. The van der Waals surface area contributed by atoms with Gasteiger partial charge in [0.15, 0.2) is 6.29 Å². The number of carbonyl (C=O) groups excluding carboxylic acids is 2. The molecule has 1 aromatic carbocycles. The Hall–Kier alpha value is -2.13. The third-order valence-corrected chi connectivity index (χ3v) is 4.64. The number of hydroxylamine groups is 1. The Morgan fingerprint density at radius 2 is 2.15 bits per heavy atom. The van der Waals surface area contributed by atoms with E-state index < -0.39 is 29.9 Å². The molecular formula is C18H21F3N2O4. The lowest BCUT2D eigenvalue weighted by molar-refractivity contribution is -0.202. The molecule has 0 saturated carbocycles. The van der Waals surface area contributed by atoms with Crippen molar-refractivity contribution in [3.8, 4) is 0 Å². The van der Waals surface area contributed by atoms with Crippen LogP contribution in [-0.2, 0) is 31.9 Å². The summed E-state index contributed by atoms with van der Waals surface area (Å²) in [5, 5.41) is 0. The monoisotopic (exact) mass is 386 g/mol. The molecule has 0 radical (unpaired) electrons. The van der Waals surface area contributed by atoms with E-state index in [-0.39, 0.29) is 25.4 Å². The number of amides is 2. The Balaban J connectivity index is 1.53. The first-order valence-corrected chi connectivity index (χ1v) is 8.84. The van der Waals surface area contributed by atoms with E-state index in [0.29, 0.717) is 18.6 Å². The van der Waals surface area contributed by atoms with Gasteiger partial charge in [0.05, 0.1) is 11.5 Å². The SMILES string of the molecule is O=C(NOC1CCCCO1)C1CC(=O)N(Cc2cccc(C(F)(F)F)c2)C1. The molecule has 1 aromatic rings. The third-order valence-electron chi connectivity index (χ3n) is 4.64. The molecule has 0 aliphatic carbocycles. The molecule has 2 saturated heterocycles. The highest BCUT2D eigenvalue weighted by atomic mass is 19.4. The zero-order valence-electron chi connectivity index (χ0n) is 14.6. The summed E-state index contributed by atoms with van der Waals surface area (Å²) in [7, 11) is 0. The van der Waals surface area contributed by atoms with E-state index in [1.54, 1.807) is 0 Å². The summed E-state index contributed by atoms with van der Waals surface area (Å²) < 4.78 is 43.8. The molecule has 2 heterocycles. The molecule has 2 amide bonds. The van der Waals surface area contributed by atoms with Gasteiger partial charge in [-0.15, -0.1) is 0 Å². The van der Waals surface area contributed by atoms with Crippen molar-refractivity contribution in [3.05, 3.63) is 35.4 Å². The molecular weight excluding hydrogens is 365 g/mol. The van der Waals surface area contributed by atoms with Gasteiger partial charge in [0, 0.05) is 32.5 Å². The molecule has 3 rings (SSSR count). The minimum atomic E-state index is -4.44. The molecule has 2 aliphatic heterocycles. The van der Waals surface area contributed by atoms with Crippen LogP contribution in [0.15, 0.2) is 24.3 Å². The van der Waals surface area contributed by atoms with Crippen molar-refractivity contribution in [1.29, 1.82) is 0 Å². The lowest BCUT2D eigenvalue weighted by atomic mass is 10.1. The summed E-state index contributed by atoms with van der Waals surface area (Å²) in [6.07, 6.45) is -2.33. The molecule has 0 aromatic heterocycles. The van der Waals surface area contributed by atoms with Crippen molar-refractivity contribution in [2.75, 3.05) is 13.2 Å². The maximum absolute atomic E-state index is 12.8. The Morgan fingerprint density at radius 3 is 2.85 bits per heavy atom. The predicted octanol–water partition coefficient (Wildman–Crippen LogP) is 2.63. The topological polar surface area (TPSA) is 67.9 Å². The van der Waals surface area contributed by atoms with Crippen LogP contribution < -0.4 is 5.48 Å². The standard InChI is InChI=1S/C18H21F3N2O4/c19-18(20,21)14-5-3-4-12(8-14)10-23-11-13(9-15(23)24)17(25)22-27-16-6-1-2-7-26-16/h3-5,8,13,16H,1-2,6-7,9-11H2,(H,22,25). The van der Waals surface area contributed by atoms with Gasteiger partial charge in [-0.25, -0.2) is 10.3 Å². The van der Waals surface area contributed by atoms with Crippen LogP contribution in [0.1, 0.15) is 36.8 Å². The average molecular weight is 386 g/mol. The van der Waals surface area contributed by atoms with Crippen molar-refractivity contribution in [1.82, 2.24) is 10.4 Å². The van der Waals surface area contributed by atoms with Gasteiger partial charge in [-0.2, -0.15) is 13.2 Å². The quantitative estimate of drug-likeness (QED) is 0.790. The molecule has 1 N–H and O–H groups in total. The van der Waals surface area contributed by atoms with Gasteiger partial charge in [-0.05, 0) is 30.5 Å². The van der Waals surface area contributed by atoms with Crippen LogP contribution in [0.2, 0.25) is 0 Å². The minimum Gasteiger partial charge on any atom is -0.350 e. The van der Waals surface area contributed by atoms with Crippen LogP contribution in [0.5, 0.6) is 0 Å². The number of rotatable bonds is 5. The lowest BCUT2D eigenvalue weighted by Gasteiger charge is -2.23. The summed E-state index contributed by atoms with van der Waals surface area (Å²) in [5.74, 6) is -1.31. The fourth-order valence-corrected chi connectivity index (χ4v) is 3.18. The Kier molecular flexibility index (Phi) is 6.01. The maximum Gasteiger partial charge on any atom is 0.416 e. The second-order valence-electron chi connectivity index (χ2n) is 6.75. The number of alkyl halides is 3. The van der Waals surface area contributed by atoms with Gasteiger partial charge in [0.2, 0.25) is 11.8 Å². The number of ether oxygens (including phenoxy) is 1. The van der Waals surface area contributed by atoms with E-state index in [0.717, 1.165) is 25.0 Å². The largest absolute Gasteiger partial charge is 0.416 e. The highest BCUT2D eigenvalue weighted by Gasteiger charge is 2.35. The Morgan fingerprint density at radius 1 is 1.33 bits per heavy atom. The number of hydrogen-bond acceptors (Lipinski definition) is 4. The fourth-order valence-electron chi connectivity index (χ4n) is 3.18. The molecule has 0 spiro atoms. The Labute approximate surface area is 154 Å². The first-order valence-electron chi connectivity index (χ1n) is 8.84. The van der Waals surface area contributed by atoms with E-state index in [4.69, 9.17) is 9.57 Å². The predicted molar refractivity (Wildman–Crippen MR) is 87.8 cm³/mol. The third kappa shape index (κ3) is 5.20. The summed E-state index contributed by atoms with van der Waals surface area (Å²) in [5.41, 5.74) is 1.94. The Bertz CT molecular complexity index is 689. The molecule has 27 heavy (non-hydrogen) atoms. The minimum absolute atomic E-state index is 0.000319. The van der Waals surface area contributed by atoms with Gasteiger partial charge in [0.1, 0.15) is 0 Å². The smallest absolute Gasteiger partial charge is 0.350 e. The van der Waals surface area contributed by atoms with Crippen molar-refractivity contribution in [2.24, 2.45) is 5.92 Å². The number of nitrogens with one attached hydrogen (secondary N) is 1. The summed E-state index contributed by atoms with van der Waals surface area (Å²) in [6, 6.07) is 4.83. The van der Waals surface area contributed by atoms with E-state index in [9.17, 15) is 22.8 Å². The first kappa shape index (κ1) is 19.6. The number of nitrogens with zero attached hydrogens (tertiary/aromatic N) is 1. The number of likely N-dealkylation sites (tertiary alicyclic amines) is 1. The van der Waals surface area contributed by atoms with E-state index >= 15 is 0 Å². The maximum atomic E-state index is 12.8. The molecule has 148 valence electrons. The van der Waals surface area contributed by atoms with Gasteiger partial charge < -0.3 is 9.64 Å². The molecule has 0 bridgehead atoms. The van der Waals surface area contributed by atoms with Crippen molar-refractivity contribution in [3.63, 3.8) is 0 Å². The van der Waals surface area contributed by atoms with Crippen LogP contribution in [0, 0.1) is 5.92 Å². The van der Waals surface area contributed by atoms with Gasteiger partial charge in [-0.3, -0.25) is 9.59 Å². The highest BCUT2D eigenvalue weighted by Crippen LogP contribution is 2.30. The van der Waals surface area contributed by atoms with Gasteiger partial charge in [-0.1, -0.05) is 12.1 Å². The molecule has 2 atom stereocenters. The first-order chi connectivity index (χ1) is 12.8. The van der Waals surface area contributed by atoms with Crippen LogP contribution in [-0.4, -0.2) is 36.2 Å². The van der Waals surface area contributed by atoms with Crippen LogP contribution in [0.3, 0.4) is 0 Å². The molecule has 2 aliphatic rings. The molecule has 6 nitrogen and oxygen atoms in total. The summed E-state index contributed by atoms with van der Waals surface area (Å²) in [6.45, 7) is 0.738. The molecule has 2 fully saturated rings. The van der Waals surface area contributed by atoms with Crippen LogP contribution >= 0.6 is 0 Å². The number of hydrogen-bond donors (Lipinski definition) is 1. The van der Waals surface area contributed by atoms with Gasteiger partial charge >= 0.3 is 6.18 Å². The van der Waals surface area contributed by atoms with Crippen LogP contribution in [0.25, 0.3) is 0 Å². The zero-order valence-corrected chi connectivity index (χ0v) is 14.6. The normalized spacial score (nSPS) is 23.5. The van der Waals surface area contributed by atoms with Crippen molar-refractivity contribution in [2.45, 2.75) is 44.7 Å². The number of carbonyl (C=O) groups is 2.